The Balaban J connectivity index is 1.52. The highest BCUT2D eigenvalue weighted by Crippen LogP contribution is 2.23. The van der Waals surface area contributed by atoms with Gasteiger partial charge in [-0.15, -0.1) is 0 Å². The second-order valence-corrected chi connectivity index (χ2v) is 5.59. The van der Waals surface area contributed by atoms with Crippen molar-refractivity contribution in [3.63, 3.8) is 0 Å². The summed E-state index contributed by atoms with van der Waals surface area (Å²) >= 11 is 0. The fourth-order valence-corrected chi connectivity index (χ4v) is 2.28. The largest absolute Gasteiger partial charge is 0.484 e. The molecule has 0 aliphatic carbocycles. The van der Waals surface area contributed by atoms with Gasteiger partial charge in [-0.25, -0.2) is 0 Å². The van der Waals surface area contributed by atoms with E-state index in [1.807, 2.05) is 73.7 Å². The Morgan fingerprint density at radius 3 is 2.28 bits per heavy atom. The molecule has 1 N–H and O–H groups in total. The van der Waals surface area contributed by atoms with E-state index in [9.17, 15) is 4.79 Å². The standard InChI is InChI=1S/C21H19NO3/c1-16-6-5-9-20(14-16)25-19-12-10-17(11-13-19)22-21(23)15-24-18-7-3-2-4-8-18/h2-14H,15H2,1H3,(H,22,23). The molecule has 0 aliphatic heterocycles. The number of para-hydroxylation sites is 1. The van der Waals surface area contributed by atoms with Crippen molar-refractivity contribution < 1.29 is 14.3 Å². The van der Waals surface area contributed by atoms with Crippen molar-refractivity contribution in [2.75, 3.05) is 11.9 Å². The third-order valence-corrected chi connectivity index (χ3v) is 3.48. The molecule has 0 aromatic heterocycles. The molecule has 0 heterocycles. The van der Waals surface area contributed by atoms with Gasteiger partial charge in [0.25, 0.3) is 5.91 Å². The van der Waals surface area contributed by atoms with Crippen LogP contribution in [-0.2, 0) is 4.79 Å². The monoisotopic (exact) mass is 333 g/mol. The molecule has 126 valence electrons. The van der Waals surface area contributed by atoms with Gasteiger partial charge in [0.2, 0.25) is 0 Å². The highest BCUT2D eigenvalue weighted by Gasteiger charge is 2.04. The van der Waals surface area contributed by atoms with Crippen LogP contribution in [0.2, 0.25) is 0 Å². The van der Waals surface area contributed by atoms with Crippen LogP contribution in [0, 0.1) is 6.92 Å². The van der Waals surface area contributed by atoms with Crippen LogP contribution >= 0.6 is 0 Å². The molecular formula is C21H19NO3. The summed E-state index contributed by atoms with van der Waals surface area (Å²) in [5.41, 5.74) is 1.83. The van der Waals surface area contributed by atoms with E-state index in [0.717, 1.165) is 11.3 Å². The van der Waals surface area contributed by atoms with Gasteiger partial charge in [0, 0.05) is 5.69 Å². The summed E-state index contributed by atoms with van der Waals surface area (Å²) < 4.78 is 11.2. The second-order valence-electron chi connectivity index (χ2n) is 5.59. The number of benzene rings is 3. The van der Waals surface area contributed by atoms with E-state index < -0.39 is 0 Å². The number of hydrogen-bond acceptors (Lipinski definition) is 3. The minimum Gasteiger partial charge on any atom is -0.484 e. The summed E-state index contributed by atoms with van der Waals surface area (Å²) in [6.45, 7) is 1.98. The fourth-order valence-electron chi connectivity index (χ4n) is 2.28. The van der Waals surface area contributed by atoms with Crippen molar-refractivity contribution in [2.24, 2.45) is 0 Å². The predicted molar refractivity (Wildman–Crippen MR) is 98.3 cm³/mol. The van der Waals surface area contributed by atoms with Crippen LogP contribution in [0.25, 0.3) is 0 Å². The predicted octanol–water partition coefficient (Wildman–Crippen LogP) is 4.80. The number of hydrogen-bond donors (Lipinski definition) is 1. The first-order valence-electron chi connectivity index (χ1n) is 8.01. The molecule has 25 heavy (non-hydrogen) atoms. The van der Waals surface area contributed by atoms with Crippen LogP contribution in [0.4, 0.5) is 5.69 Å². The topological polar surface area (TPSA) is 47.6 Å². The van der Waals surface area contributed by atoms with Crippen LogP contribution in [-0.4, -0.2) is 12.5 Å². The molecule has 3 rings (SSSR count). The van der Waals surface area contributed by atoms with E-state index in [1.54, 1.807) is 12.1 Å². The van der Waals surface area contributed by atoms with Crippen LogP contribution < -0.4 is 14.8 Å². The van der Waals surface area contributed by atoms with Crippen molar-refractivity contribution in [1.82, 2.24) is 0 Å². The molecule has 0 aliphatic rings. The van der Waals surface area contributed by atoms with E-state index in [2.05, 4.69) is 5.32 Å². The Kier molecular flexibility index (Phi) is 5.32. The molecule has 1 amide bonds. The maximum Gasteiger partial charge on any atom is 0.262 e. The molecule has 0 spiro atoms. The van der Waals surface area contributed by atoms with E-state index >= 15 is 0 Å². The van der Waals surface area contributed by atoms with E-state index in [4.69, 9.17) is 9.47 Å². The van der Waals surface area contributed by atoms with Gasteiger partial charge in [0.1, 0.15) is 17.2 Å². The zero-order valence-electron chi connectivity index (χ0n) is 13.9. The first-order chi connectivity index (χ1) is 12.2. The zero-order valence-corrected chi connectivity index (χ0v) is 13.9. The van der Waals surface area contributed by atoms with E-state index in [-0.39, 0.29) is 12.5 Å². The number of amides is 1. The van der Waals surface area contributed by atoms with Gasteiger partial charge < -0.3 is 14.8 Å². The summed E-state index contributed by atoms with van der Waals surface area (Å²) in [4.78, 5) is 11.9. The molecule has 0 radical (unpaired) electrons. The molecule has 0 fully saturated rings. The third kappa shape index (κ3) is 5.11. The van der Waals surface area contributed by atoms with Gasteiger partial charge in [-0.3, -0.25) is 4.79 Å². The lowest BCUT2D eigenvalue weighted by atomic mass is 10.2. The number of anilines is 1. The van der Waals surface area contributed by atoms with Crippen LogP contribution in [0.1, 0.15) is 5.56 Å². The summed E-state index contributed by atoms with van der Waals surface area (Å²) in [5.74, 6) is 1.95. The van der Waals surface area contributed by atoms with Crippen molar-refractivity contribution in [3.8, 4) is 17.2 Å². The zero-order chi connectivity index (χ0) is 17.5. The van der Waals surface area contributed by atoms with Crippen molar-refractivity contribution in [1.29, 1.82) is 0 Å². The lowest BCUT2D eigenvalue weighted by molar-refractivity contribution is -0.118. The summed E-state index contributed by atoms with van der Waals surface area (Å²) in [6, 6.07) is 24.3. The highest BCUT2D eigenvalue weighted by molar-refractivity contribution is 5.91. The average molecular weight is 333 g/mol. The van der Waals surface area contributed by atoms with E-state index in [0.29, 0.717) is 17.2 Å². The Morgan fingerprint density at radius 2 is 1.56 bits per heavy atom. The lowest BCUT2D eigenvalue weighted by Gasteiger charge is -2.09. The summed E-state index contributed by atoms with van der Waals surface area (Å²) in [6.07, 6.45) is 0. The first kappa shape index (κ1) is 16.6. The van der Waals surface area contributed by atoms with Crippen LogP contribution in [0.5, 0.6) is 17.2 Å². The minimum absolute atomic E-state index is 0.0362. The summed E-state index contributed by atoms with van der Waals surface area (Å²) in [7, 11) is 0. The molecule has 0 atom stereocenters. The number of carbonyl (C=O) groups is 1. The second kappa shape index (κ2) is 8.02. The molecule has 3 aromatic rings. The normalized spacial score (nSPS) is 10.1. The van der Waals surface area contributed by atoms with Gasteiger partial charge >= 0.3 is 0 Å². The highest BCUT2D eigenvalue weighted by atomic mass is 16.5. The molecule has 0 bridgehead atoms. The maximum atomic E-state index is 11.9. The fraction of sp³-hybridized carbons (Fsp3) is 0.0952. The minimum atomic E-state index is -0.212. The third-order valence-electron chi connectivity index (χ3n) is 3.48. The smallest absolute Gasteiger partial charge is 0.262 e. The van der Waals surface area contributed by atoms with E-state index in [1.165, 1.54) is 0 Å². The average Bonchev–Trinajstić information content (AvgIpc) is 2.63. The van der Waals surface area contributed by atoms with Gasteiger partial charge in [-0.2, -0.15) is 0 Å². The van der Waals surface area contributed by atoms with Gasteiger partial charge in [-0.1, -0.05) is 30.3 Å². The number of nitrogens with one attached hydrogen (secondary N) is 1. The van der Waals surface area contributed by atoms with Gasteiger partial charge in [0.05, 0.1) is 0 Å². The van der Waals surface area contributed by atoms with Crippen LogP contribution in [0.3, 0.4) is 0 Å². The number of rotatable bonds is 6. The Morgan fingerprint density at radius 1 is 0.840 bits per heavy atom. The Bertz CT molecular complexity index is 829. The quantitative estimate of drug-likeness (QED) is 0.704. The number of ether oxygens (including phenoxy) is 2. The molecular weight excluding hydrogens is 314 g/mol. The van der Waals surface area contributed by atoms with Gasteiger partial charge in [-0.05, 0) is 61.0 Å². The van der Waals surface area contributed by atoms with Crippen molar-refractivity contribution in [3.05, 3.63) is 84.4 Å². The molecule has 0 saturated carbocycles. The number of aryl methyl sites for hydroxylation is 1. The Hall–Kier alpha value is -3.27. The molecule has 4 nitrogen and oxygen atoms in total. The molecule has 0 saturated heterocycles. The van der Waals surface area contributed by atoms with Gasteiger partial charge in [0.15, 0.2) is 6.61 Å². The Labute approximate surface area is 147 Å². The summed E-state index contributed by atoms with van der Waals surface area (Å²) in [5, 5.41) is 2.79. The maximum absolute atomic E-state index is 11.9. The number of carbonyl (C=O) groups excluding carboxylic acids is 1. The first-order valence-corrected chi connectivity index (χ1v) is 8.01. The van der Waals surface area contributed by atoms with Crippen LogP contribution in [0.15, 0.2) is 78.9 Å². The van der Waals surface area contributed by atoms with Crippen molar-refractivity contribution >= 4 is 11.6 Å². The molecule has 3 aromatic carbocycles. The lowest BCUT2D eigenvalue weighted by Crippen LogP contribution is -2.20. The molecule has 0 unspecified atom stereocenters. The molecule has 4 heteroatoms. The SMILES string of the molecule is Cc1cccc(Oc2ccc(NC(=O)COc3ccccc3)cc2)c1. The van der Waals surface area contributed by atoms with Crippen molar-refractivity contribution in [2.45, 2.75) is 6.92 Å².